The highest BCUT2D eigenvalue weighted by atomic mass is 127. The molecule has 3 N–H and O–H groups in total. The van der Waals surface area contributed by atoms with E-state index in [0.717, 1.165) is 32.0 Å². The average Bonchev–Trinajstić information content (AvgIpc) is 3.24. The molecule has 0 atom stereocenters. The molecule has 1 aliphatic heterocycles. The maximum absolute atomic E-state index is 12.3. The zero-order valence-corrected chi connectivity index (χ0v) is 19.8. The topological polar surface area (TPSA) is 146 Å². The van der Waals surface area contributed by atoms with E-state index in [9.17, 15) is 23.3 Å². The molecule has 11 nitrogen and oxygen atoms in total. The number of carbonyl (C=O) groups excluding carboxylic acids is 1. The first-order valence-corrected chi connectivity index (χ1v) is 10.9. The Morgan fingerprint density at radius 2 is 1.93 bits per heavy atom. The number of halogens is 1. The van der Waals surface area contributed by atoms with Crippen LogP contribution in [0.25, 0.3) is 0 Å². The molecular formula is C17H27IN6O5S. The van der Waals surface area contributed by atoms with Gasteiger partial charge in [0.25, 0.3) is 5.69 Å². The summed E-state index contributed by atoms with van der Waals surface area (Å²) >= 11 is 0. The molecule has 1 aromatic rings. The molecule has 0 aliphatic carbocycles. The van der Waals surface area contributed by atoms with Crippen molar-refractivity contribution in [3.63, 3.8) is 0 Å². The standard InChI is InChI=1S/C17H26N6O5S.HI/c1-2-18-17(20-13-16(24)22-10-3-4-11-22)19-8-9-21-29(27,28)15-7-5-6-14(12-15)23(25)26;/h5-7,12,21H,2-4,8-11,13H2,1H3,(H2,18,19,20);1H. The summed E-state index contributed by atoms with van der Waals surface area (Å²) in [6.07, 6.45) is 2.02. The van der Waals surface area contributed by atoms with Crippen molar-refractivity contribution in [1.82, 2.24) is 20.3 Å². The monoisotopic (exact) mass is 554 g/mol. The van der Waals surface area contributed by atoms with Gasteiger partial charge in [0.2, 0.25) is 15.9 Å². The molecule has 13 heteroatoms. The zero-order valence-electron chi connectivity index (χ0n) is 16.7. The fraction of sp³-hybridized carbons (Fsp3) is 0.529. The lowest BCUT2D eigenvalue weighted by molar-refractivity contribution is -0.385. The van der Waals surface area contributed by atoms with Gasteiger partial charge in [0.15, 0.2) is 5.96 Å². The van der Waals surface area contributed by atoms with Gasteiger partial charge in [-0.2, -0.15) is 0 Å². The van der Waals surface area contributed by atoms with Gasteiger partial charge in [0.1, 0.15) is 6.54 Å². The first-order valence-electron chi connectivity index (χ1n) is 9.37. The third kappa shape index (κ3) is 8.02. The van der Waals surface area contributed by atoms with Crippen molar-refractivity contribution < 1.29 is 18.1 Å². The molecule has 0 radical (unpaired) electrons. The van der Waals surface area contributed by atoms with Crippen molar-refractivity contribution in [3.05, 3.63) is 34.4 Å². The molecule has 1 amide bonds. The van der Waals surface area contributed by atoms with Crippen LogP contribution in [0, 0.1) is 10.1 Å². The van der Waals surface area contributed by atoms with E-state index >= 15 is 0 Å². The highest BCUT2D eigenvalue weighted by Crippen LogP contribution is 2.16. The number of nitrogens with one attached hydrogen (secondary N) is 3. The molecule has 0 saturated carbocycles. The van der Waals surface area contributed by atoms with E-state index < -0.39 is 14.9 Å². The normalized spacial score (nSPS) is 14.2. The average molecular weight is 554 g/mol. The van der Waals surface area contributed by atoms with Crippen LogP contribution in [0.3, 0.4) is 0 Å². The number of sulfonamides is 1. The van der Waals surface area contributed by atoms with E-state index in [2.05, 4.69) is 20.3 Å². The van der Waals surface area contributed by atoms with Crippen molar-refractivity contribution in [2.45, 2.75) is 24.7 Å². The maximum atomic E-state index is 12.3. The first-order chi connectivity index (χ1) is 13.8. The smallest absolute Gasteiger partial charge is 0.270 e. The summed E-state index contributed by atoms with van der Waals surface area (Å²) in [7, 11) is -3.88. The van der Waals surface area contributed by atoms with Gasteiger partial charge < -0.3 is 15.5 Å². The van der Waals surface area contributed by atoms with Crippen molar-refractivity contribution in [2.24, 2.45) is 4.99 Å². The van der Waals surface area contributed by atoms with E-state index in [1.807, 2.05) is 6.92 Å². The van der Waals surface area contributed by atoms with Crippen molar-refractivity contribution in [3.8, 4) is 0 Å². The van der Waals surface area contributed by atoms with E-state index in [-0.39, 0.29) is 60.1 Å². The Morgan fingerprint density at radius 1 is 1.23 bits per heavy atom. The number of carbonyl (C=O) groups is 1. The lowest BCUT2D eigenvalue weighted by Crippen LogP contribution is -2.42. The van der Waals surface area contributed by atoms with Gasteiger partial charge >= 0.3 is 0 Å². The fourth-order valence-electron chi connectivity index (χ4n) is 2.77. The zero-order chi connectivity index (χ0) is 21.3. The molecule has 1 heterocycles. The Bertz CT molecular complexity index is 858. The van der Waals surface area contributed by atoms with Gasteiger partial charge in [-0.15, -0.1) is 24.0 Å². The van der Waals surface area contributed by atoms with Gasteiger partial charge in [0.05, 0.1) is 9.82 Å². The lowest BCUT2D eigenvalue weighted by atomic mass is 10.3. The van der Waals surface area contributed by atoms with Crippen molar-refractivity contribution in [2.75, 3.05) is 39.3 Å². The van der Waals surface area contributed by atoms with Crippen LogP contribution in [0.2, 0.25) is 0 Å². The predicted molar refractivity (Wildman–Crippen MR) is 123 cm³/mol. The van der Waals surface area contributed by atoms with Crippen LogP contribution in [0.5, 0.6) is 0 Å². The molecule has 168 valence electrons. The number of nitro benzene ring substituents is 1. The summed E-state index contributed by atoms with van der Waals surface area (Å²) < 4.78 is 26.9. The van der Waals surface area contributed by atoms with Crippen LogP contribution in [0.4, 0.5) is 5.69 Å². The largest absolute Gasteiger partial charge is 0.357 e. The van der Waals surface area contributed by atoms with Crippen LogP contribution >= 0.6 is 24.0 Å². The van der Waals surface area contributed by atoms with Gasteiger partial charge in [-0.1, -0.05) is 6.07 Å². The number of guanidine groups is 1. The summed E-state index contributed by atoms with van der Waals surface area (Å²) in [5.41, 5.74) is -0.296. The highest BCUT2D eigenvalue weighted by Gasteiger charge is 2.18. The van der Waals surface area contributed by atoms with E-state index in [1.54, 1.807) is 4.90 Å². The molecule has 1 saturated heterocycles. The number of amides is 1. The number of nitrogens with zero attached hydrogens (tertiary/aromatic N) is 3. The van der Waals surface area contributed by atoms with Crippen molar-refractivity contribution in [1.29, 1.82) is 0 Å². The molecule has 1 aliphatic rings. The Kier molecular flexibility index (Phi) is 11.0. The summed E-state index contributed by atoms with van der Waals surface area (Å²) in [5.74, 6) is 0.376. The summed E-state index contributed by atoms with van der Waals surface area (Å²) in [4.78, 5) is 28.1. The Morgan fingerprint density at radius 3 is 2.57 bits per heavy atom. The van der Waals surface area contributed by atoms with Crippen LogP contribution in [0.15, 0.2) is 34.2 Å². The first kappa shape index (κ1) is 26.0. The van der Waals surface area contributed by atoms with Gasteiger partial charge in [-0.25, -0.2) is 18.1 Å². The Labute approximate surface area is 192 Å². The Hall–Kier alpha value is -2.00. The number of aliphatic imine (C=N–C) groups is 1. The predicted octanol–water partition coefficient (Wildman–Crippen LogP) is 0.669. The number of benzene rings is 1. The van der Waals surface area contributed by atoms with Gasteiger partial charge in [0, 0.05) is 44.9 Å². The van der Waals surface area contributed by atoms with Crippen LogP contribution in [0.1, 0.15) is 19.8 Å². The van der Waals surface area contributed by atoms with Crippen LogP contribution in [-0.2, 0) is 14.8 Å². The number of hydrogen-bond donors (Lipinski definition) is 3. The lowest BCUT2D eigenvalue weighted by Gasteiger charge is -2.15. The molecule has 0 spiro atoms. The Balaban J connectivity index is 0.00000450. The summed E-state index contributed by atoms with van der Waals surface area (Å²) in [5, 5.41) is 16.8. The minimum Gasteiger partial charge on any atom is -0.357 e. The number of rotatable bonds is 9. The molecule has 30 heavy (non-hydrogen) atoms. The van der Waals surface area contributed by atoms with Gasteiger partial charge in [-0.3, -0.25) is 14.9 Å². The van der Waals surface area contributed by atoms with Crippen molar-refractivity contribution >= 4 is 51.6 Å². The molecular weight excluding hydrogens is 527 g/mol. The molecule has 0 unspecified atom stereocenters. The second-order valence-electron chi connectivity index (χ2n) is 6.36. The number of hydrogen-bond acceptors (Lipinski definition) is 6. The van der Waals surface area contributed by atoms with E-state index in [4.69, 9.17) is 0 Å². The minimum absolute atomic E-state index is 0. The second-order valence-corrected chi connectivity index (χ2v) is 8.13. The van der Waals surface area contributed by atoms with E-state index in [0.29, 0.717) is 12.5 Å². The third-order valence-corrected chi connectivity index (χ3v) is 5.68. The number of likely N-dealkylation sites (tertiary alicyclic amines) is 1. The second kappa shape index (κ2) is 12.6. The maximum Gasteiger partial charge on any atom is 0.270 e. The van der Waals surface area contributed by atoms with Crippen LogP contribution < -0.4 is 15.4 Å². The summed E-state index contributed by atoms with van der Waals surface area (Å²) in [6.45, 7) is 4.27. The van der Waals surface area contributed by atoms with Gasteiger partial charge in [-0.05, 0) is 25.8 Å². The third-order valence-electron chi connectivity index (χ3n) is 4.22. The SMILES string of the molecule is CCNC(=NCC(=O)N1CCCC1)NCCNS(=O)(=O)c1cccc([N+](=O)[O-])c1.I. The molecule has 2 rings (SSSR count). The molecule has 1 fully saturated rings. The quantitative estimate of drug-likeness (QED) is 0.102. The van der Waals surface area contributed by atoms with E-state index in [1.165, 1.54) is 18.2 Å². The molecule has 1 aromatic carbocycles. The summed E-state index contributed by atoms with van der Waals surface area (Å²) in [6, 6.07) is 4.84. The number of non-ortho nitro benzene ring substituents is 1. The molecule has 0 bridgehead atoms. The fourth-order valence-corrected chi connectivity index (χ4v) is 3.84. The number of nitro groups is 1. The van der Waals surface area contributed by atoms with Crippen LogP contribution in [-0.4, -0.2) is 69.4 Å². The minimum atomic E-state index is -3.88. The highest BCUT2D eigenvalue weighted by molar-refractivity contribution is 14.0. The molecule has 0 aromatic heterocycles.